The average molecular weight is 550 g/mol. The molecule has 0 saturated heterocycles. The second-order valence-electron chi connectivity index (χ2n) is 8.30. The Kier molecular flexibility index (Phi) is 6.55. The maximum absolute atomic E-state index is 12.5. The van der Waals surface area contributed by atoms with Crippen LogP contribution in [0, 0.1) is 0 Å². The zero-order valence-electron chi connectivity index (χ0n) is 19.8. The van der Waals surface area contributed by atoms with Gasteiger partial charge in [-0.05, 0) is 45.3 Å². The summed E-state index contributed by atoms with van der Waals surface area (Å²) in [5, 5.41) is 15.3. The molecule has 0 aliphatic rings. The molecule has 0 aliphatic carbocycles. The van der Waals surface area contributed by atoms with Gasteiger partial charge in [0.2, 0.25) is 5.82 Å². The molecule has 0 atom stereocenters. The van der Waals surface area contributed by atoms with Crippen LogP contribution in [0.3, 0.4) is 0 Å². The summed E-state index contributed by atoms with van der Waals surface area (Å²) in [5.74, 6) is 1.57. The third kappa shape index (κ3) is 4.26. The Bertz CT molecular complexity index is 1540. The molecule has 10 nitrogen and oxygen atoms in total. The number of halogens is 1. The molecule has 0 unspecified atom stereocenters. The van der Waals surface area contributed by atoms with E-state index < -0.39 is 5.97 Å². The van der Waals surface area contributed by atoms with Crippen LogP contribution in [0.2, 0.25) is 0 Å². The number of nitrogens with one attached hydrogen (secondary N) is 1. The van der Waals surface area contributed by atoms with Crippen molar-refractivity contribution in [3.8, 4) is 22.7 Å². The van der Waals surface area contributed by atoms with E-state index in [2.05, 4.69) is 48.5 Å². The smallest absolute Gasteiger partial charge is 0.358 e. The number of nitrogens with two attached hydrogens (primary N) is 1. The van der Waals surface area contributed by atoms with E-state index in [9.17, 15) is 4.79 Å². The molecule has 0 amide bonds. The molecular weight excluding hydrogens is 526 g/mol. The van der Waals surface area contributed by atoms with Crippen LogP contribution in [0.25, 0.3) is 33.7 Å². The molecule has 184 valence electrons. The largest absolute Gasteiger partial charge is 0.464 e. The molecule has 3 N–H and O–H groups in total. The zero-order chi connectivity index (χ0) is 25.2. The molecule has 0 radical (unpaired) electrons. The van der Waals surface area contributed by atoms with E-state index in [-0.39, 0.29) is 11.5 Å². The van der Waals surface area contributed by atoms with Crippen LogP contribution in [0.4, 0.5) is 5.82 Å². The number of tetrazole rings is 1. The van der Waals surface area contributed by atoms with Gasteiger partial charge in [0, 0.05) is 29.5 Å². The van der Waals surface area contributed by atoms with Crippen molar-refractivity contribution in [2.45, 2.75) is 32.7 Å². The lowest BCUT2D eigenvalue weighted by molar-refractivity contribution is 0.0590. The van der Waals surface area contributed by atoms with Crippen molar-refractivity contribution in [2.75, 3.05) is 12.8 Å². The Morgan fingerprint density at radius 3 is 2.75 bits per heavy atom. The molecule has 0 fully saturated rings. The second kappa shape index (κ2) is 9.94. The number of nitrogens with zero attached hydrogens (tertiary/aromatic N) is 5. The number of methoxy groups -OCH3 is 1. The predicted octanol–water partition coefficient (Wildman–Crippen LogP) is 5.00. The number of aromatic nitrogens is 6. The highest BCUT2D eigenvalue weighted by molar-refractivity contribution is 9.10. The highest BCUT2D eigenvalue weighted by atomic mass is 79.9. The van der Waals surface area contributed by atoms with Crippen LogP contribution in [0.15, 0.2) is 51.4 Å². The maximum atomic E-state index is 12.5. The summed E-state index contributed by atoms with van der Waals surface area (Å²) in [5.41, 5.74) is 9.68. The number of hydrogen-bond acceptors (Lipinski definition) is 8. The molecular formula is C25H24BrN7O3. The average Bonchev–Trinajstić information content (AvgIpc) is 3.61. The third-order valence-corrected chi connectivity index (χ3v) is 6.78. The van der Waals surface area contributed by atoms with Crippen LogP contribution in [0.1, 0.15) is 41.6 Å². The number of unbranched alkanes of at least 4 members (excludes halogenated alkanes) is 1. The summed E-state index contributed by atoms with van der Waals surface area (Å²) >= 11 is 3.74. The Hall–Kier alpha value is -3.99. The second-order valence-corrected chi connectivity index (χ2v) is 9.09. The summed E-state index contributed by atoms with van der Waals surface area (Å²) in [6.45, 7) is 2.52. The molecule has 2 aromatic carbocycles. The molecule has 11 heteroatoms. The topological polar surface area (TPSA) is 138 Å². The minimum absolute atomic E-state index is 0.180. The predicted molar refractivity (Wildman–Crippen MR) is 138 cm³/mol. The lowest BCUT2D eigenvalue weighted by atomic mass is 10.0. The fraction of sp³-hybridized carbons (Fsp3) is 0.240. The molecule has 0 spiro atoms. The number of hydrogen-bond donors (Lipinski definition) is 2. The minimum atomic E-state index is -0.506. The first kappa shape index (κ1) is 23.7. The number of benzene rings is 2. The number of anilines is 1. The van der Waals surface area contributed by atoms with Gasteiger partial charge < -0.3 is 19.5 Å². The van der Waals surface area contributed by atoms with Crippen molar-refractivity contribution in [3.05, 3.63) is 64.0 Å². The summed E-state index contributed by atoms with van der Waals surface area (Å²) in [7, 11) is 1.34. The third-order valence-electron chi connectivity index (χ3n) is 6.00. The number of H-pyrrole nitrogens is 1. The number of ether oxygens (including phenoxy) is 1. The van der Waals surface area contributed by atoms with Gasteiger partial charge in [-0.1, -0.05) is 43.7 Å². The van der Waals surface area contributed by atoms with Crippen LogP contribution < -0.4 is 5.73 Å². The highest BCUT2D eigenvalue weighted by Gasteiger charge is 2.23. The number of carbonyl (C=O) groups excluding carboxylic acids is 1. The van der Waals surface area contributed by atoms with Gasteiger partial charge in [-0.15, -0.1) is 10.2 Å². The number of nitrogen functional groups attached to an aromatic ring is 1. The summed E-state index contributed by atoms with van der Waals surface area (Å²) in [6, 6.07) is 13.6. The molecule has 0 saturated carbocycles. The van der Waals surface area contributed by atoms with E-state index in [0.717, 1.165) is 45.2 Å². The van der Waals surface area contributed by atoms with Crippen molar-refractivity contribution in [1.29, 1.82) is 0 Å². The lowest BCUT2D eigenvalue weighted by Crippen LogP contribution is -2.15. The van der Waals surface area contributed by atoms with E-state index in [1.54, 1.807) is 0 Å². The minimum Gasteiger partial charge on any atom is -0.464 e. The zero-order valence-corrected chi connectivity index (χ0v) is 21.4. The van der Waals surface area contributed by atoms with Gasteiger partial charge in [-0.2, -0.15) is 5.21 Å². The molecule has 3 heterocycles. The lowest BCUT2D eigenvalue weighted by Gasteiger charge is -2.11. The van der Waals surface area contributed by atoms with E-state index in [4.69, 9.17) is 14.9 Å². The van der Waals surface area contributed by atoms with E-state index in [1.807, 2.05) is 47.0 Å². The van der Waals surface area contributed by atoms with Crippen LogP contribution in [-0.2, 0) is 17.7 Å². The fourth-order valence-corrected chi connectivity index (χ4v) is 4.85. The first-order valence-electron chi connectivity index (χ1n) is 11.5. The number of fused-ring (bicyclic) bond motifs is 1. The molecule has 0 aliphatic heterocycles. The van der Waals surface area contributed by atoms with E-state index >= 15 is 0 Å². The quantitative estimate of drug-likeness (QED) is 0.258. The maximum Gasteiger partial charge on any atom is 0.358 e. The van der Waals surface area contributed by atoms with Crippen LogP contribution in [0.5, 0.6) is 0 Å². The van der Waals surface area contributed by atoms with Gasteiger partial charge in [0.05, 0.1) is 11.6 Å². The van der Waals surface area contributed by atoms with Crippen molar-refractivity contribution in [1.82, 2.24) is 30.2 Å². The fourth-order valence-electron chi connectivity index (χ4n) is 4.25. The Labute approximate surface area is 215 Å². The van der Waals surface area contributed by atoms with Crippen molar-refractivity contribution < 1.29 is 13.9 Å². The van der Waals surface area contributed by atoms with Gasteiger partial charge in [-0.25, -0.2) is 9.78 Å². The Morgan fingerprint density at radius 1 is 1.22 bits per heavy atom. The first-order chi connectivity index (χ1) is 17.5. The number of furan rings is 1. The van der Waals surface area contributed by atoms with Crippen LogP contribution in [-0.4, -0.2) is 43.3 Å². The standard InChI is InChI=1S/C25H24BrN7O3/c1-3-4-9-19-28-23(27)21(25(34)35-2)33(19)13-14-10-11-18-17(12-14)20(26)22(36-18)15-7-5-6-8-16(15)24-29-31-32-30-24/h5-8,10-12H,3-4,9,13,27H2,1-2H3,(H,29,30,31,32). The SMILES string of the molecule is CCCCc1nc(N)c(C(=O)OC)n1Cc1ccc2oc(-c3ccccc3-c3nn[nH]n3)c(Br)c2c1. The summed E-state index contributed by atoms with van der Waals surface area (Å²) in [4.78, 5) is 16.9. The molecule has 3 aromatic heterocycles. The number of aryl methyl sites for hydroxylation is 1. The van der Waals surface area contributed by atoms with Crippen molar-refractivity contribution >= 4 is 38.7 Å². The number of imidazole rings is 1. The Morgan fingerprint density at radius 2 is 2.03 bits per heavy atom. The van der Waals surface area contributed by atoms with Gasteiger partial charge in [0.15, 0.2) is 11.5 Å². The molecule has 5 aromatic rings. The summed E-state index contributed by atoms with van der Waals surface area (Å²) in [6.07, 6.45) is 2.65. The molecule has 5 rings (SSSR count). The first-order valence-corrected chi connectivity index (χ1v) is 12.3. The molecule has 36 heavy (non-hydrogen) atoms. The van der Waals surface area contributed by atoms with Gasteiger partial charge in [-0.3, -0.25) is 0 Å². The van der Waals surface area contributed by atoms with Crippen molar-refractivity contribution in [3.63, 3.8) is 0 Å². The van der Waals surface area contributed by atoms with Crippen LogP contribution >= 0.6 is 15.9 Å². The van der Waals surface area contributed by atoms with Gasteiger partial charge in [0.1, 0.15) is 17.2 Å². The highest BCUT2D eigenvalue weighted by Crippen LogP contribution is 2.41. The Balaban J connectivity index is 1.56. The number of rotatable bonds is 8. The van der Waals surface area contributed by atoms with Gasteiger partial charge in [0.25, 0.3) is 0 Å². The normalized spacial score (nSPS) is 11.3. The van der Waals surface area contributed by atoms with E-state index in [1.165, 1.54) is 7.11 Å². The van der Waals surface area contributed by atoms with Gasteiger partial charge >= 0.3 is 5.97 Å². The number of carbonyl (C=O) groups is 1. The van der Waals surface area contributed by atoms with Crippen molar-refractivity contribution in [2.24, 2.45) is 0 Å². The van der Waals surface area contributed by atoms with E-state index in [0.29, 0.717) is 30.1 Å². The molecule has 0 bridgehead atoms. The summed E-state index contributed by atoms with van der Waals surface area (Å²) < 4.78 is 13.9. The number of esters is 1. The monoisotopic (exact) mass is 549 g/mol. The number of aromatic amines is 1.